The second-order valence-corrected chi connectivity index (χ2v) is 6.76. The number of anilines is 2. The van der Waals surface area contributed by atoms with Crippen molar-refractivity contribution in [2.45, 2.75) is 13.8 Å². The summed E-state index contributed by atoms with van der Waals surface area (Å²) in [6.07, 6.45) is 0. The van der Waals surface area contributed by atoms with Crippen LogP contribution in [0.15, 0.2) is 24.3 Å². The van der Waals surface area contributed by atoms with Gasteiger partial charge >= 0.3 is 0 Å². The number of sulfonamides is 1. The van der Waals surface area contributed by atoms with E-state index in [2.05, 4.69) is 15.0 Å². The average molecular weight is 308 g/mol. The quantitative estimate of drug-likeness (QED) is 0.702. The van der Waals surface area contributed by atoms with Crippen LogP contribution in [0.25, 0.3) is 10.9 Å². The second-order valence-electron chi connectivity index (χ2n) is 4.83. The van der Waals surface area contributed by atoms with Crippen LogP contribution in [-0.2, 0) is 10.0 Å². The summed E-state index contributed by atoms with van der Waals surface area (Å²) in [5.41, 5.74) is 9.00. The van der Waals surface area contributed by atoms with E-state index in [1.165, 1.54) is 0 Å². The maximum Gasteiger partial charge on any atom is 0.213 e. The predicted octanol–water partition coefficient (Wildman–Crippen LogP) is 1.48. The fraction of sp³-hybridized carbons (Fsp3) is 0.357. The van der Waals surface area contributed by atoms with Crippen LogP contribution in [-0.4, -0.2) is 32.2 Å². The Balaban J connectivity index is 2.20. The van der Waals surface area contributed by atoms with E-state index in [-0.39, 0.29) is 5.75 Å². The number of rotatable bonds is 6. The summed E-state index contributed by atoms with van der Waals surface area (Å²) in [6.45, 7) is 4.38. The fourth-order valence-corrected chi connectivity index (χ4v) is 3.09. The van der Waals surface area contributed by atoms with E-state index in [9.17, 15) is 8.42 Å². The van der Waals surface area contributed by atoms with Crippen molar-refractivity contribution in [3.63, 3.8) is 0 Å². The van der Waals surface area contributed by atoms with Gasteiger partial charge in [0.05, 0.1) is 11.3 Å². The molecule has 2 aromatic rings. The molecule has 0 atom stereocenters. The predicted molar refractivity (Wildman–Crippen MR) is 86.8 cm³/mol. The monoisotopic (exact) mass is 308 g/mol. The van der Waals surface area contributed by atoms with Gasteiger partial charge in [0, 0.05) is 35.5 Å². The van der Waals surface area contributed by atoms with Gasteiger partial charge in [-0.3, -0.25) is 4.98 Å². The third kappa shape index (κ3) is 4.05. The molecule has 2 rings (SSSR count). The number of nitrogen functional groups attached to an aromatic ring is 1. The SMILES string of the molecule is CCNS(=O)(=O)CCNc1cc(C)nc2ccc(N)cc12. The Labute approximate surface area is 124 Å². The molecule has 0 amide bonds. The lowest BCUT2D eigenvalue weighted by Crippen LogP contribution is -2.29. The molecule has 0 aliphatic carbocycles. The molecule has 0 fully saturated rings. The molecule has 0 bridgehead atoms. The highest BCUT2D eigenvalue weighted by Crippen LogP contribution is 2.25. The molecule has 1 heterocycles. The van der Waals surface area contributed by atoms with E-state index in [0.717, 1.165) is 22.3 Å². The van der Waals surface area contributed by atoms with Crippen LogP contribution in [0.2, 0.25) is 0 Å². The summed E-state index contributed by atoms with van der Waals surface area (Å²) in [6, 6.07) is 7.39. The normalized spacial score (nSPS) is 11.7. The van der Waals surface area contributed by atoms with Crippen molar-refractivity contribution in [3.05, 3.63) is 30.0 Å². The van der Waals surface area contributed by atoms with E-state index in [1.807, 2.05) is 25.1 Å². The van der Waals surface area contributed by atoms with E-state index < -0.39 is 10.0 Å². The van der Waals surface area contributed by atoms with Gasteiger partial charge in [0.2, 0.25) is 10.0 Å². The number of hydrogen-bond donors (Lipinski definition) is 3. The first-order valence-corrected chi connectivity index (χ1v) is 8.44. The zero-order valence-corrected chi connectivity index (χ0v) is 13.0. The second kappa shape index (κ2) is 6.28. The van der Waals surface area contributed by atoms with E-state index in [4.69, 9.17) is 5.73 Å². The molecular formula is C14H20N4O2S. The fourth-order valence-electron chi connectivity index (χ4n) is 2.13. The number of aryl methyl sites for hydroxylation is 1. The zero-order chi connectivity index (χ0) is 15.5. The number of pyridine rings is 1. The summed E-state index contributed by atoms with van der Waals surface area (Å²) in [4.78, 5) is 4.44. The van der Waals surface area contributed by atoms with Gasteiger partial charge < -0.3 is 11.1 Å². The molecule has 4 N–H and O–H groups in total. The van der Waals surface area contributed by atoms with Crippen LogP contribution >= 0.6 is 0 Å². The number of hydrogen-bond acceptors (Lipinski definition) is 5. The third-order valence-electron chi connectivity index (χ3n) is 3.01. The molecule has 0 unspecified atom stereocenters. The van der Waals surface area contributed by atoms with Gasteiger partial charge in [0.25, 0.3) is 0 Å². The first-order chi connectivity index (χ1) is 9.91. The lowest BCUT2D eigenvalue weighted by atomic mass is 10.1. The molecule has 1 aromatic heterocycles. The van der Waals surface area contributed by atoms with Crippen molar-refractivity contribution < 1.29 is 8.42 Å². The molecule has 0 spiro atoms. The Morgan fingerprint density at radius 2 is 2.05 bits per heavy atom. The molecule has 0 saturated heterocycles. The molecule has 0 aliphatic rings. The van der Waals surface area contributed by atoms with Gasteiger partial charge in [0.1, 0.15) is 0 Å². The Morgan fingerprint density at radius 1 is 1.29 bits per heavy atom. The summed E-state index contributed by atoms with van der Waals surface area (Å²) >= 11 is 0. The summed E-state index contributed by atoms with van der Waals surface area (Å²) in [7, 11) is -3.23. The number of fused-ring (bicyclic) bond motifs is 1. The van der Waals surface area contributed by atoms with Gasteiger partial charge in [0.15, 0.2) is 0 Å². The Bertz CT molecular complexity index is 744. The number of nitrogens with one attached hydrogen (secondary N) is 2. The molecule has 0 radical (unpaired) electrons. The van der Waals surface area contributed by atoms with Crippen LogP contribution in [0, 0.1) is 6.92 Å². The number of aromatic nitrogens is 1. The van der Waals surface area contributed by atoms with Gasteiger partial charge in [-0.05, 0) is 31.2 Å². The van der Waals surface area contributed by atoms with Crippen molar-refractivity contribution >= 4 is 32.3 Å². The zero-order valence-electron chi connectivity index (χ0n) is 12.2. The minimum absolute atomic E-state index is 0.0199. The molecule has 6 nitrogen and oxygen atoms in total. The third-order valence-corrected chi connectivity index (χ3v) is 4.48. The summed E-state index contributed by atoms with van der Waals surface area (Å²) < 4.78 is 25.7. The standard InChI is InChI=1S/C14H20N4O2S/c1-3-17-21(19,20)7-6-16-14-8-10(2)18-13-5-4-11(15)9-12(13)14/h4-5,8-9,17H,3,6-7,15H2,1-2H3,(H,16,18). The van der Waals surface area contributed by atoms with Gasteiger partial charge in [-0.1, -0.05) is 6.92 Å². The van der Waals surface area contributed by atoms with E-state index >= 15 is 0 Å². The molecule has 7 heteroatoms. The van der Waals surface area contributed by atoms with Crippen molar-refractivity contribution in [3.8, 4) is 0 Å². The topological polar surface area (TPSA) is 97.1 Å². The summed E-state index contributed by atoms with van der Waals surface area (Å²) in [5, 5.41) is 4.05. The van der Waals surface area contributed by atoms with Gasteiger partial charge in [-0.25, -0.2) is 13.1 Å². The van der Waals surface area contributed by atoms with Crippen LogP contribution in [0.1, 0.15) is 12.6 Å². The Kier molecular flexibility index (Phi) is 4.64. The number of benzene rings is 1. The first kappa shape index (κ1) is 15.5. The van der Waals surface area contributed by atoms with Crippen LogP contribution in [0.3, 0.4) is 0 Å². The molecule has 0 aliphatic heterocycles. The largest absolute Gasteiger partial charge is 0.399 e. The minimum atomic E-state index is -3.23. The lowest BCUT2D eigenvalue weighted by molar-refractivity contribution is 0.584. The highest BCUT2D eigenvalue weighted by Gasteiger charge is 2.09. The van der Waals surface area contributed by atoms with E-state index in [0.29, 0.717) is 18.8 Å². The number of nitrogens with two attached hydrogens (primary N) is 1. The van der Waals surface area contributed by atoms with Crippen LogP contribution in [0.5, 0.6) is 0 Å². The molecular weight excluding hydrogens is 288 g/mol. The minimum Gasteiger partial charge on any atom is -0.399 e. The maximum absolute atomic E-state index is 11.6. The Hall–Kier alpha value is -1.86. The molecule has 114 valence electrons. The van der Waals surface area contributed by atoms with Crippen LogP contribution in [0.4, 0.5) is 11.4 Å². The van der Waals surface area contributed by atoms with Crippen molar-refractivity contribution in [2.75, 3.05) is 29.9 Å². The first-order valence-electron chi connectivity index (χ1n) is 6.79. The maximum atomic E-state index is 11.6. The highest BCUT2D eigenvalue weighted by molar-refractivity contribution is 7.89. The van der Waals surface area contributed by atoms with Crippen molar-refractivity contribution in [1.29, 1.82) is 0 Å². The number of nitrogens with zero attached hydrogens (tertiary/aromatic N) is 1. The van der Waals surface area contributed by atoms with Crippen molar-refractivity contribution in [2.24, 2.45) is 0 Å². The summed E-state index contributed by atoms with van der Waals surface area (Å²) in [5.74, 6) is 0.0199. The molecule has 0 saturated carbocycles. The average Bonchev–Trinajstić information content (AvgIpc) is 2.39. The van der Waals surface area contributed by atoms with Crippen molar-refractivity contribution in [1.82, 2.24) is 9.71 Å². The Morgan fingerprint density at radius 3 is 2.76 bits per heavy atom. The highest BCUT2D eigenvalue weighted by atomic mass is 32.2. The smallest absolute Gasteiger partial charge is 0.213 e. The van der Waals surface area contributed by atoms with E-state index in [1.54, 1.807) is 13.0 Å². The van der Waals surface area contributed by atoms with Crippen LogP contribution < -0.4 is 15.8 Å². The lowest BCUT2D eigenvalue weighted by Gasteiger charge is -2.11. The molecule has 21 heavy (non-hydrogen) atoms. The molecule has 1 aromatic carbocycles. The van der Waals surface area contributed by atoms with Gasteiger partial charge in [-0.2, -0.15) is 0 Å². The van der Waals surface area contributed by atoms with Gasteiger partial charge in [-0.15, -0.1) is 0 Å².